The van der Waals surface area contributed by atoms with Crippen molar-refractivity contribution in [3.05, 3.63) is 29.6 Å². The zero-order chi connectivity index (χ0) is 11.4. The Hall–Kier alpha value is -0.760. The normalized spacial score (nSPS) is 12.6. The van der Waals surface area contributed by atoms with Crippen molar-refractivity contribution < 1.29 is 4.39 Å². The maximum Gasteiger partial charge on any atom is 0.146 e. The molecule has 0 fully saturated rings. The van der Waals surface area contributed by atoms with E-state index in [-0.39, 0.29) is 5.82 Å². The number of benzene rings is 1. The first-order chi connectivity index (χ1) is 7.11. The summed E-state index contributed by atoms with van der Waals surface area (Å²) in [6, 6.07) is 5.35. The van der Waals surface area contributed by atoms with Crippen molar-refractivity contribution >= 4 is 17.3 Å². The molecular formula is C12H17ClFN. The van der Waals surface area contributed by atoms with Crippen LogP contribution in [-0.2, 0) is 5.88 Å². The van der Waals surface area contributed by atoms with Gasteiger partial charge in [0.05, 0.1) is 5.69 Å². The molecule has 0 N–H and O–H groups in total. The Balaban J connectivity index is 3.10. The first-order valence-corrected chi connectivity index (χ1v) is 5.71. The Morgan fingerprint density at radius 2 is 2.13 bits per heavy atom. The smallest absolute Gasteiger partial charge is 0.146 e. The highest BCUT2D eigenvalue weighted by atomic mass is 35.5. The average molecular weight is 230 g/mol. The molecule has 0 aliphatic carbocycles. The summed E-state index contributed by atoms with van der Waals surface area (Å²) in [5.74, 6) is 0.143. The molecule has 1 rings (SSSR count). The molecule has 0 aliphatic heterocycles. The lowest BCUT2D eigenvalue weighted by Crippen LogP contribution is -2.29. The lowest BCUT2D eigenvalue weighted by molar-refractivity contribution is 0.597. The standard InChI is InChI=1S/C12H17ClFN/c1-4-9(2)15(3)12-10(8-13)6-5-7-11(12)14/h5-7,9H,4,8H2,1-3H3. The second kappa shape index (κ2) is 5.36. The topological polar surface area (TPSA) is 3.24 Å². The van der Waals surface area contributed by atoms with Gasteiger partial charge in [-0.15, -0.1) is 11.6 Å². The largest absolute Gasteiger partial charge is 0.369 e. The SMILES string of the molecule is CCC(C)N(C)c1c(F)cccc1CCl. The highest BCUT2D eigenvalue weighted by Crippen LogP contribution is 2.26. The van der Waals surface area contributed by atoms with Crippen molar-refractivity contribution in [3.63, 3.8) is 0 Å². The van der Waals surface area contributed by atoms with E-state index in [1.807, 2.05) is 18.0 Å². The van der Waals surface area contributed by atoms with Gasteiger partial charge in [0, 0.05) is 19.0 Å². The van der Waals surface area contributed by atoms with Gasteiger partial charge in [0.1, 0.15) is 5.82 Å². The Morgan fingerprint density at radius 1 is 1.47 bits per heavy atom. The summed E-state index contributed by atoms with van der Waals surface area (Å²) in [5, 5.41) is 0. The highest BCUT2D eigenvalue weighted by molar-refractivity contribution is 6.17. The van der Waals surface area contributed by atoms with Crippen molar-refractivity contribution in [2.75, 3.05) is 11.9 Å². The van der Waals surface area contributed by atoms with Gasteiger partial charge in [-0.25, -0.2) is 4.39 Å². The number of hydrogen-bond donors (Lipinski definition) is 0. The fourth-order valence-electron chi connectivity index (χ4n) is 1.56. The van der Waals surface area contributed by atoms with Crippen LogP contribution in [0.3, 0.4) is 0 Å². The van der Waals surface area contributed by atoms with Gasteiger partial charge in [0.15, 0.2) is 0 Å². The Morgan fingerprint density at radius 3 is 2.67 bits per heavy atom. The number of anilines is 1. The third kappa shape index (κ3) is 2.63. The molecule has 1 aromatic carbocycles. The van der Waals surface area contributed by atoms with Crippen molar-refractivity contribution in [2.45, 2.75) is 32.2 Å². The fraction of sp³-hybridized carbons (Fsp3) is 0.500. The third-order valence-corrected chi connectivity index (χ3v) is 3.11. The molecule has 15 heavy (non-hydrogen) atoms. The van der Waals surface area contributed by atoms with Gasteiger partial charge in [-0.05, 0) is 25.0 Å². The van der Waals surface area contributed by atoms with Crippen LogP contribution in [0.2, 0.25) is 0 Å². The number of alkyl halides is 1. The van der Waals surface area contributed by atoms with Crippen LogP contribution in [0.1, 0.15) is 25.8 Å². The molecule has 0 aromatic heterocycles. The predicted molar refractivity (Wildman–Crippen MR) is 64.1 cm³/mol. The van der Waals surface area contributed by atoms with Gasteiger partial charge in [-0.3, -0.25) is 0 Å². The zero-order valence-electron chi connectivity index (χ0n) is 9.43. The predicted octanol–water partition coefficient (Wildman–Crippen LogP) is 3.80. The third-order valence-electron chi connectivity index (χ3n) is 2.82. The Kier molecular flexibility index (Phi) is 4.40. The number of hydrogen-bond acceptors (Lipinski definition) is 1. The van der Waals surface area contributed by atoms with E-state index in [0.717, 1.165) is 12.0 Å². The van der Waals surface area contributed by atoms with Crippen molar-refractivity contribution in [2.24, 2.45) is 0 Å². The molecule has 1 nitrogen and oxygen atoms in total. The summed E-state index contributed by atoms with van der Waals surface area (Å²) < 4.78 is 13.7. The van der Waals surface area contributed by atoms with Crippen LogP contribution in [0.5, 0.6) is 0 Å². The summed E-state index contributed by atoms with van der Waals surface area (Å²) in [6.07, 6.45) is 0.979. The number of rotatable bonds is 4. The monoisotopic (exact) mass is 229 g/mol. The van der Waals surface area contributed by atoms with Crippen LogP contribution in [0.15, 0.2) is 18.2 Å². The van der Waals surface area contributed by atoms with Crippen LogP contribution in [0.25, 0.3) is 0 Å². The van der Waals surface area contributed by atoms with Gasteiger partial charge >= 0.3 is 0 Å². The van der Waals surface area contributed by atoms with Gasteiger partial charge in [-0.1, -0.05) is 19.1 Å². The van der Waals surface area contributed by atoms with Crippen molar-refractivity contribution in [1.82, 2.24) is 0 Å². The van der Waals surface area contributed by atoms with E-state index in [9.17, 15) is 4.39 Å². The lowest BCUT2D eigenvalue weighted by atomic mass is 10.1. The molecule has 0 aliphatic rings. The Labute approximate surface area is 95.8 Å². The van der Waals surface area contributed by atoms with Crippen LogP contribution in [0.4, 0.5) is 10.1 Å². The maximum atomic E-state index is 13.7. The molecule has 1 unspecified atom stereocenters. The van der Waals surface area contributed by atoms with Crippen molar-refractivity contribution in [3.8, 4) is 0 Å². The van der Waals surface area contributed by atoms with Crippen LogP contribution < -0.4 is 4.90 Å². The van der Waals surface area contributed by atoms with Crippen LogP contribution >= 0.6 is 11.6 Å². The number of para-hydroxylation sites is 1. The van der Waals surface area contributed by atoms with Gasteiger partial charge in [0.25, 0.3) is 0 Å². The molecule has 0 bridgehead atoms. The fourth-order valence-corrected chi connectivity index (χ4v) is 1.77. The molecule has 0 saturated heterocycles. The molecule has 0 heterocycles. The number of nitrogens with zero attached hydrogens (tertiary/aromatic N) is 1. The number of halogens is 2. The minimum absolute atomic E-state index is 0.198. The van der Waals surface area contributed by atoms with Gasteiger partial charge in [0.2, 0.25) is 0 Å². The summed E-state index contributed by atoms with van der Waals surface area (Å²) in [4.78, 5) is 1.95. The van der Waals surface area contributed by atoms with Crippen molar-refractivity contribution in [1.29, 1.82) is 0 Å². The van der Waals surface area contributed by atoms with E-state index in [1.54, 1.807) is 6.07 Å². The zero-order valence-corrected chi connectivity index (χ0v) is 10.2. The van der Waals surface area contributed by atoms with E-state index in [1.165, 1.54) is 6.07 Å². The molecule has 0 amide bonds. The quantitative estimate of drug-likeness (QED) is 0.710. The first kappa shape index (κ1) is 12.3. The molecule has 84 valence electrons. The van der Waals surface area contributed by atoms with E-state index in [0.29, 0.717) is 17.6 Å². The molecule has 0 spiro atoms. The van der Waals surface area contributed by atoms with Crippen LogP contribution in [0, 0.1) is 5.82 Å². The molecular weight excluding hydrogens is 213 g/mol. The average Bonchev–Trinajstić information content (AvgIpc) is 2.26. The summed E-state index contributed by atoms with van der Waals surface area (Å²) in [7, 11) is 1.91. The maximum absolute atomic E-state index is 13.7. The van der Waals surface area contributed by atoms with Gasteiger partial charge < -0.3 is 4.90 Å². The molecule has 1 aromatic rings. The summed E-state index contributed by atoms with van der Waals surface area (Å²) in [5.41, 5.74) is 1.47. The first-order valence-electron chi connectivity index (χ1n) is 5.18. The molecule has 0 radical (unpaired) electrons. The Bertz CT molecular complexity index is 327. The molecule has 0 saturated carbocycles. The van der Waals surface area contributed by atoms with E-state index in [2.05, 4.69) is 13.8 Å². The minimum atomic E-state index is -0.198. The minimum Gasteiger partial charge on any atom is -0.369 e. The van der Waals surface area contributed by atoms with E-state index >= 15 is 0 Å². The second-order valence-electron chi connectivity index (χ2n) is 3.75. The van der Waals surface area contributed by atoms with Crippen LogP contribution in [-0.4, -0.2) is 13.1 Å². The summed E-state index contributed by atoms with van der Waals surface area (Å²) in [6.45, 7) is 4.16. The van der Waals surface area contributed by atoms with E-state index < -0.39 is 0 Å². The highest BCUT2D eigenvalue weighted by Gasteiger charge is 2.15. The van der Waals surface area contributed by atoms with E-state index in [4.69, 9.17) is 11.6 Å². The lowest BCUT2D eigenvalue weighted by Gasteiger charge is -2.28. The molecule has 3 heteroatoms. The van der Waals surface area contributed by atoms with Gasteiger partial charge in [-0.2, -0.15) is 0 Å². The molecule has 1 atom stereocenters. The summed E-state index contributed by atoms with van der Waals surface area (Å²) >= 11 is 5.80. The second-order valence-corrected chi connectivity index (χ2v) is 4.02.